The molecule has 1 aliphatic rings. The van der Waals surface area contributed by atoms with Gasteiger partial charge in [-0.15, -0.1) is 11.3 Å². The van der Waals surface area contributed by atoms with Crippen LogP contribution in [0.2, 0.25) is 0 Å². The van der Waals surface area contributed by atoms with Gasteiger partial charge in [0.25, 0.3) is 0 Å². The maximum absolute atomic E-state index is 12.4. The van der Waals surface area contributed by atoms with Gasteiger partial charge in [0.1, 0.15) is 11.5 Å². The van der Waals surface area contributed by atoms with E-state index in [-0.39, 0.29) is 11.8 Å². The quantitative estimate of drug-likeness (QED) is 0.715. The molecule has 0 fully saturated rings. The molecular formula is C21H19NO3S. The summed E-state index contributed by atoms with van der Waals surface area (Å²) < 4.78 is 10.5. The third kappa shape index (κ3) is 2.95. The molecule has 0 aliphatic carbocycles. The fourth-order valence-corrected chi connectivity index (χ4v) is 4.48. The molecule has 3 aromatic rings. The van der Waals surface area contributed by atoms with Crippen LogP contribution in [-0.4, -0.2) is 20.1 Å². The maximum Gasteiger partial charge on any atom is 0.225 e. The predicted molar refractivity (Wildman–Crippen MR) is 104 cm³/mol. The van der Waals surface area contributed by atoms with Gasteiger partial charge in [-0.2, -0.15) is 0 Å². The lowest BCUT2D eigenvalue weighted by Gasteiger charge is -2.24. The number of amides is 1. The summed E-state index contributed by atoms with van der Waals surface area (Å²) in [5.74, 6) is 1.76. The molecule has 1 atom stereocenters. The first-order valence-corrected chi connectivity index (χ1v) is 9.27. The average Bonchev–Trinajstić information content (AvgIpc) is 3.11. The summed E-state index contributed by atoms with van der Waals surface area (Å²) >= 11 is 1.69. The molecule has 5 heteroatoms. The average molecular weight is 365 g/mol. The van der Waals surface area contributed by atoms with Crippen molar-refractivity contribution in [1.82, 2.24) is 0 Å². The zero-order chi connectivity index (χ0) is 18.1. The Morgan fingerprint density at radius 3 is 2.19 bits per heavy atom. The third-order valence-electron chi connectivity index (χ3n) is 4.71. The monoisotopic (exact) mass is 365 g/mol. The minimum absolute atomic E-state index is 0.0477. The van der Waals surface area contributed by atoms with Gasteiger partial charge in [-0.05, 0) is 35.4 Å². The van der Waals surface area contributed by atoms with Gasteiger partial charge < -0.3 is 14.8 Å². The Kier molecular flexibility index (Phi) is 4.39. The molecule has 0 spiro atoms. The first-order chi connectivity index (χ1) is 12.7. The van der Waals surface area contributed by atoms with E-state index in [1.807, 2.05) is 48.5 Å². The van der Waals surface area contributed by atoms with E-state index in [0.717, 1.165) is 33.9 Å². The minimum Gasteiger partial charge on any atom is -0.497 e. The van der Waals surface area contributed by atoms with Crippen LogP contribution in [0.1, 0.15) is 22.8 Å². The summed E-state index contributed by atoms with van der Waals surface area (Å²) in [5, 5.41) is 5.19. The summed E-state index contributed by atoms with van der Waals surface area (Å²) in [6, 6.07) is 15.9. The molecule has 0 saturated heterocycles. The molecule has 26 heavy (non-hydrogen) atoms. The highest BCUT2D eigenvalue weighted by Gasteiger charge is 2.30. The zero-order valence-electron chi connectivity index (χ0n) is 14.6. The van der Waals surface area contributed by atoms with Gasteiger partial charge in [-0.1, -0.05) is 24.3 Å². The van der Waals surface area contributed by atoms with Crippen molar-refractivity contribution < 1.29 is 14.3 Å². The number of anilines is 1. The van der Waals surface area contributed by atoms with Crippen LogP contribution in [0.15, 0.2) is 53.9 Å². The number of fused-ring (bicyclic) bond motifs is 1. The lowest BCUT2D eigenvalue weighted by atomic mass is 9.89. The van der Waals surface area contributed by atoms with Crippen LogP contribution in [-0.2, 0) is 4.79 Å². The van der Waals surface area contributed by atoms with Crippen LogP contribution in [0.3, 0.4) is 0 Å². The summed E-state index contributed by atoms with van der Waals surface area (Å²) in [4.78, 5) is 13.6. The molecule has 2 heterocycles. The fraction of sp³-hybridized carbons (Fsp3) is 0.190. The van der Waals surface area contributed by atoms with Crippen molar-refractivity contribution in [3.05, 3.63) is 64.4 Å². The Labute approximate surface area is 156 Å². The van der Waals surface area contributed by atoms with Crippen LogP contribution in [0.4, 0.5) is 5.69 Å². The van der Waals surface area contributed by atoms with E-state index < -0.39 is 0 Å². The summed E-state index contributed by atoms with van der Waals surface area (Å²) in [6.45, 7) is 0. The molecule has 0 radical (unpaired) electrons. The second-order valence-electron chi connectivity index (χ2n) is 6.20. The molecule has 0 saturated carbocycles. The number of carbonyl (C=O) groups is 1. The minimum atomic E-state index is 0.0477. The van der Waals surface area contributed by atoms with E-state index in [2.05, 4.69) is 10.7 Å². The smallest absolute Gasteiger partial charge is 0.225 e. The lowest BCUT2D eigenvalue weighted by Crippen LogP contribution is -2.22. The Hall–Kier alpha value is -2.79. The van der Waals surface area contributed by atoms with Crippen molar-refractivity contribution >= 4 is 22.9 Å². The molecule has 4 rings (SSSR count). The number of nitrogens with one attached hydrogen (secondary N) is 1. The number of hydrogen-bond donors (Lipinski definition) is 1. The number of ether oxygens (including phenoxy) is 2. The molecule has 2 aromatic carbocycles. The standard InChI is InChI=1S/C21H19NO3S/c1-24-15-7-3-13(4-8-15)17-11-19(23)22-20-18(12-26-21(17)20)14-5-9-16(25-2)10-6-14/h3-10,12,17H,11H2,1-2H3,(H,22,23)/t17-/m1/s1. The van der Waals surface area contributed by atoms with Crippen molar-refractivity contribution in [2.24, 2.45) is 0 Å². The summed E-state index contributed by atoms with van der Waals surface area (Å²) in [6.07, 6.45) is 0.460. The molecule has 1 amide bonds. The second-order valence-corrected chi connectivity index (χ2v) is 7.11. The lowest BCUT2D eigenvalue weighted by molar-refractivity contribution is -0.116. The van der Waals surface area contributed by atoms with Gasteiger partial charge in [-0.3, -0.25) is 4.79 Å². The fourth-order valence-electron chi connectivity index (χ4n) is 3.32. The van der Waals surface area contributed by atoms with Crippen LogP contribution in [0.25, 0.3) is 11.1 Å². The number of rotatable bonds is 4. The molecule has 4 nitrogen and oxygen atoms in total. The topological polar surface area (TPSA) is 47.6 Å². The highest BCUT2D eigenvalue weighted by atomic mass is 32.1. The molecule has 1 aliphatic heterocycles. The van der Waals surface area contributed by atoms with Crippen molar-refractivity contribution in [2.45, 2.75) is 12.3 Å². The molecule has 132 valence electrons. The van der Waals surface area contributed by atoms with E-state index >= 15 is 0 Å². The van der Waals surface area contributed by atoms with Crippen LogP contribution >= 0.6 is 11.3 Å². The Morgan fingerprint density at radius 1 is 0.962 bits per heavy atom. The third-order valence-corrected chi connectivity index (χ3v) is 5.81. The number of methoxy groups -OCH3 is 2. The summed E-state index contributed by atoms with van der Waals surface area (Å²) in [5.41, 5.74) is 4.18. The maximum atomic E-state index is 12.4. The van der Waals surface area contributed by atoms with Gasteiger partial charge in [0, 0.05) is 28.2 Å². The molecule has 0 bridgehead atoms. The highest BCUT2D eigenvalue weighted by Crippen LogP contribution is 2.46. The Balaban J connectivity index is 1.74. The van der Waals surface area contributed by atoms with Crippen LogP contribution in [0.5, 0.6) is 11.5 Å². The highest BCUT2D eigenvalue weighted by molar-refractivity contribution is 7.11. The van der Waals surface area contributed by atoms with Crippen molar-refractivity contribution in [3.8, 4) is 22.6 Å². The normalized spacial score (nSPS) is 15.9. The van der Waals surface area contributed by atoms with Crippen molar-refractivity contribution in [3.63, 3.8) is 0 Å². The Morgan fingerprint density at radius 2 is 1.58 bits per heavy atom. The number of thiophene rings is 1. The zero-order valence-corrected chi connectivity index (χ0v) is 15.4. The molecule has 1 aromatic heterocycles. The first kappa shape index (κ1) is 16.7. The molecule has 1 N–H and O–H groups in total. The van der Waals surface area contributed by atoms with Gasteiger partial charge in [0.2, 0.25) is 5.91 Å². The van der Waals surface area contributed by atoms with Gasteiger partial charge >= 0.3 is 0 Å². The van der Waals surface area contributed by atoms with Crippen molar-refractivity contribution in [1.29, 1.82) is 0 Å². The molecule has 0 unspecified atom stereocenters. The van der Waals surface area contributed by atoms with E-state index in [9.17, 15) is 4.79 Å². The van der Waals surface area contributed by atoms with E-state index in [4.69, 9.17) is 9.47 Å². The second kappa shape index (κ2) is 6.84. The van der Waals surface area contributed by atoms with Crippen LogP contribution in [0, 0.1) is 0 Å². The van der Waals surface area contributed by atoms with E-state index in [1.165, 1.54) is 4.88 Å². The van der Waals surface area contributed by atoms with Gasteiger partial charge in [0.15, 0.2) is 0 Å². The van der Waals surface area contributed by atoms with E-state index in [0.29, 0.717) is 6.42 Å². The molecular weight excluding hydrogens is 346 g/mol. The number of hydrogen-bond acceptors (Lipinski definition) is 4. The number of benzene rings is 2. The SMILES string of the molecule is COc1ccc(-c2csc3c2NC(=O)C[C@@H]3c2ccc(OC)cc2)cc1. The summed E-state index contributed by atoms with van der Waals surface area (Å²) in [7, 11) is 3.31. The predicted octanol–water partition coefficient (Wildman–Crippen LogP) is 4.91. The van der Waals surface area contributed by atoms with Gasteiger partial charge in [0.05, 0.1) is 19.9 Å². The van der Waals surface area contributed by atoms with E-state index in [1.54, 1.807) is 25.6 Å². The van der Waals surface area contributed by atoms with Crippen molar-refractivity contribution in [2.75, 3.05) is 19.5 Å². The largest absolute Gasteiger partial charge is 0.497 e. The Bertz CT molecular complexity index is 929. The van der Waals surface area contributed by atoms with Gasteiger partial charge in [-0.25, -0.2) is 0 Å². The first-order valence-electron chi connectivity index (χ1n) is 8.39. The number of carbonyl (C=O) groups excluding carboxylic acids is 1. The van der Waals surface area contributed by atoms with Crippen LogP contribution < -0.4 is 14.8 Å².